The van der Waals surface area contributed by atoms with E-state index in [0.717, 1.165) is 36.5 Å². The van der Waals surface area contributed by atoms with Crippen molar-refractivity contribution < 1.29 is 32.9 Å². The summed E-state index contributed by atoms with van der Waals surface area (Å²) < 4.78 is 55.8. The molecule has 2 aliphatic heterocycles. The normalized spacial score (nSPS) is 27.0. The second-order valence-electron chi connectivity index (χ2n) is 9.15. The number of benzene rings is 1. The van der Waals surface area contributed by atoms with E-state index in [0.29, 0.717) is 18.2 Å². The SMILES string of the molecule is CO[C@@H]1[C@@H](n2cc(-c3cc(F)c(F)c(F)c3)nn2)[C@@H](O)[C@@H](CO)O[C@@H]1Cc1cn(C2CCSCC2)nn1. The number of rotatable bonds is 7. The van der Waals surface area contributed by atoms with E-state index in [1.807, 2.05) is 22.6 Å². The minimum atomic E-state index is -1.58. The van der Waals surface area contributed by atoms with E-state index in [1.54, 1.807) is 0 Å². The van der Waals surface area contributed by atoms with Gasteiger partial charge in [0.05, 0.1) is 30.6 Å². The number of aliphatic hydroxyl groups is 2. The highest BCUT2D eigenvalue weighted by Gasteiger charge is 2.47. The largest absolute Gasteiger partial charge is 0.394 e. The van der Waals surface area contributed by atoms with Gasteiger partial charge in [-0.1, -0.05) is 10.4 Å². The van der Waals surface area contributed by atoms with E-state index >= 15 is 0 Å². The van der Waals surface area contributed by atoms with Gasteiger partial charge in [0.2, 0.25) is 0 Å². The van der Waals surface area contributed by atoms with Crippen molar-refractivity contribution in [2.24, 2.45) is 0 Å². The number of aromatic nitrogens is 6. The first-order valence-electron chi connectivity index (χ1n) is 11.9. The van der Waals surface area contributed by atoms with Crippen LogP contribution in [-0.4, -0.2) is 89.8 Å². The van der Waals surface area contributed by atoms with Crippen LogP contribution in [0, 0.1) is 17.5 Å². The van der Waals surface area contributed by atoms with Crippen molar-refractivity contribution in [1.29, 1.82) is 0 Å². The van der Waals surface area contributed by atoms with Crippen molar-refractivity contribution in [2.45, 2.75) is 55.8 Å². The van der Waals surface area contributed by atoms with Crippen molar-refractivity contribution in [3.05, 3.63) is 47.7 Å². The van der Waals surface area contributed by atoms with Gasteiger partial charge in [-0.2, -0.15) is 11.8 Å². The van der Waals surface area contributed by atoms with Crippen molar-refractivity contribution in [3.8, 4) is 11.3 Å². The maximum atomic E-state index is 13.8. The molecule has 4 heterocycles. The van der Waals surface area contributed by atoms with Gasteiger partial charge in [0.1, 0.15) is 30.0 Å². The molecule has 5 rings (SSSR count). The zero-order valence-corrected chi connectivity index (χ0v) is 20.8. The van der Waals surface area contributed by atoms with Gasteiger partial charge in [0, 0.05) is 25.3 Å². The number of halogens is 3. The zero-order valence-electron chi connectivity index (χ0n) is 20.0. The summed E-state index contributed by atoms with van der Waals surface area (Å²) in [6, 6.07) is 1.06. The van der Waals surface area contributed by atoms with Crippen LogP contribution in [0.15, 0.2) is 24.5 Å². The number of thioether (sulfide) groups is 1. The predicted molar refractivity (Wildman–Crippen MR) is 126 cm³/mol. The molecule has 0 unspecified atom stereocenters. The summed E-state index contributed by atoms with van der Waals surface area (Å²) in [4.78, 5) is 0. The Hall–Kier alpha value is -2.52. The molecule has 2 aliphatic rings. The molecule has 0 saturated carbocycles. The van der Waals surface area contributed by atoms with E-state index in [-0.39, 0.29) is 11.3 Å². The van der Waals surface area contributed by atoms with Crippen molar-refractivity contribution in [1.82, 2.24) is 30.0 Å². The lowest BCUT2D eigenvalue weighted by Crippen LogP contribution is -2.57. The van der Waals surface area contributed by atoms with Crippen LogP contribution in [0.1, 0.15) is 30.6 Å². The first-order chi connectivity index (χ1) is 17.9. The number of nitrogens with zero attached hydrogens (tertiary/aromatic N) is 6. The predicted octanol–water partition coefficient (Wildman–Crippen LogP) is 1.94. The molecule has 5 atom stereocenters. The maximum Gasteiger partial charge on any atom is 0.194 e. The molecule has 2 N–H and O–H groups in total. The van der Waals surface area contributed by atoms with Crippen LogP contribution in [-0.2, 0) is 15.9 Å². The standard InChI is InChI=1S/C23H27F3N6O4S/c1-35-23-18(8-13-9-31(29-27-13)14-2-4-37-5-3-14)36-19(11-33)22(34)21(23)32-10-17(28-30-32)12-6-15(24)20(26)16(25)7-12/h6-7,9-10,14,18-19,21-23,33-34H,2-5,8,11H2,1H3/t18-,19-,21+,22+,23+/m1/s1. The molecule has 14 heteroatoms. The fourth-order valence-electron chi connectivity index (χ4n) is 4.93. The lowest BCUT2D eigenvalue weighted by molar-refractivity contribution is -0.212. The Balaban J connectivity index is 1.40. The number of methoxy groups -OCH3 is 1. The van der Waals surface area contributed by atoms with E-state index < -0.39 is 54.5 Å². The lowest BCUT2D eigenvalue weighted by atomic mass is 9.90. The summed E-state index contributed by atoms with van der Waals surface area (Å²) in [5.74, 6) is -2.14. The summed E-state index contributed by atoms with van der Waals surface area (Å²) in [7, 11) is 1.46. The monoisotopic (exact) mass is 540 g/mol. The first-order valence-corrected chi connectivity index (χ1v) is 13.1. The summed E-state index contributed by atoms with van der Waals surface area (Å²) in [6.07, 6.45) is 2.03. The Labute approximate surface area is 214 Å². The molecule has 3 aromatic rings. The van der Waals surface area contributed by atoms with Crippen LogP contribution in [0.25, 0.3) is 11.3 Å². The topological polar surface area (TPSA) is 120 Å². The Kier molecular flexibility index (Phi) is 7.81. The van der Waals surface area contributed by atoms with Gasteiger partial charge in [-0.3, -0.25) is 0 Å². The van der Waals surface area contributed by atoms with E-state index in [1.165, 1.54) is 18.0 Å². The fourth-order valence-corrected chi connectivity index (χ4v) is 6.01. The van der Waals surface area contributed by atoms with Gasteiger partial charge in [0.15, 0.2) is 17.5 Å². The average Bonchev–Trinajstić information content (AvgIpc) is 3.58. The highest BCUT2D eigenvalue weighted by atomic mass is 32.2. The van der Waals surface area contributed by atoms with Gasteiger partial charge in [-0.25, -0.2) is 22.5 Å². The van der Waals surface area contributed by atoms with Crippen LogP contribution >= 0.6 is 11.8 Å². The van der Waals surface area contributed by atoms with Gasteiger partial charge in [-0.15, -0.1) is 10.2 Å². The first kappa shape index (κ1) is 26.1. The molecule has 0 spiro atoms. The Bertz CT molecular complexity index is 1200. The second-order valence-corrected chi connectivity index (χ2v) is 10.4. The van der Waals surface area contributed by atoms with Crippen molar-refractivity contribution in [2.75, 3.05) is 25.2 Å². The van der Waals surface area contributed by atoms with Crippen molar-refractivity contribution >= 4 is 11.8 Å². The van der Waals surface area contributed by atoms with Crippen LogP contribution in [0.5, 0.6) is 0 Å². The number of ether oxygens (including phenoxy) is 2. The minimum absolute atomic E-state index is 0.0221. The number of hydrogen-bond donors (Lipinski definition) is 2. The van der Waals surface area contributed by atoms with Gasteiger partial charge in [-0.05, 0) is 36.5 Å². The molecular weight excluding hydrogens is 513 g/mol. The molecular formula is C23H27F3N6O4S. The Morgan fingerprint density at radius 3 is 2.43 bits per heavy atom. The minimum Gasteiger partial charge on any atom is -0.394 e. The molecule has 37 heavy (non-hydrogen) atoms. The molecule has 0 aliphatic carbocycles. The van der Waals surface area contributed by atoms with E-state index in [4.69, 9.17) is 9.47 Å². The summed E-state index contributed by atoms with van der Waals surface area (Å²) in [6.45, 7) is -0.465. The van der Waals surface area contributed by atoms with Crippen LogP contribution < -0.4 is 0 Å². The smallest absolute Gasteiger partial charge is 0.194 e. The highest BCUT2D eigenvalue weighted by Crippen LogP contribution is 2.34. The molecule has 2 aromatic heterocycles. The number of hydrogen-bond acceptors (Lipinski definition) is 9. The third-order valence-corrected chi connectivity index (χ3v) is 7.91. The maximum absolute atomic E-state index is 13.8. The highest BCUT2D eigenvalue weighted by molar-refractivity contribution is 7.99. The van der Waals surface area contributed by atoms with Gasteiger partial charge in [0.25, 0.3) is 0 Å². The summed E-state index contributed by atoms with van der Waals surface area (Å²) in [5.41, 5.74) is 0.719. The molecule has 10 nitrogen and oxygen atoms in total. The molecule has 0 amide bonds. The molecule has 0 bridgehead atoms. The summed E-state index contributed by atoms with van der Waals surface area (Å²) >= 11 is 1.92. The third-order valence-electron chi connectivity index (χ3n) is 6.86. The second kappa shape index (κ2) is 11.1. The molecule has 0 radical (unpaired) electrons. The quantitative estimate of drug-likeness (QED) is 0.433. The molecule has 200 valence electrons. The molecule has 2 fully saturated rings. The third kappa shape index (κ3) is 5.25. The van der Waals surface area contributed by atoms with E-state index in [9.17, 15) is 23.4 Å². The van der Waals surface area contributed by atoms with E-state index in [2.05, 4.69) is 20.6 Å². The lowest BCUT2D eigenvalue weighted by Gasteiger charge is -2.43. The van der Waals surface area contributed by atoms with Crippen LogP contribution in [0.3, 0.4) is 0 Å². The average molecular weight is 541 g/mol. The molecule has 1 aromatic carbocycles. The van der Waals surface area contributed by atoms with Crippen LogP contribution in [0.2, 0.25) is 0 Å². The number of aliphatic hydroxyl groups excluding tert-OH is 2. The Morgan fingerprint density at radius 2 is 1.76 bits per heavy atom. The van der Waals surface area contributed by atoms with Crippen molar-refractivity contribution in [3.63, 3.8) is 0 Å². The fraction of sp³-hybridized carbons (Fsp3) is 0.565. The van der Waals surface area contributed by atoms with Gasteiger partial charge < -0.3 is 19.7 Å². The Morgan fingerprint density at radius 1 is 1.05 bits per heavy atom. The van der Waals surface area contributed by atoms with Gasteiger partial charge >= 0.3 is 0 Å². The summed E-state index contributed by atoms with van der Waals surface area (Å²) in [5, 5.41) is 37.5. The zero-order chi connectivity index (χ0) is 26.1. The van der Waals surface area contributed by atoms with Crippen LogP contribution in [0.4, 0.5) is 13.2 Å². The molecule has 2 saturated heterocycles.